The fourth-order valence-corrected chi connectivity index (χ4v) is 1.53. The number of aliphatic hydroxyl groups is 1. The number of rotatable bonds is 9. The number of aliphatic hydroxyl groups excluding tert-OH is 1. The van der Waals surface area contributed by atoms with E-state index in [0.29, 0.717) is 18.3 Å². The summed E-state index contributed by atoms with van der Waals surface area (Å²) in [7, 11) is 0. The predicted octanol–water partition coefficient (Wildman–Crippen LogP) is 2.15. The monoisotopic (exact) mass is 253 g/mol. The van der Waals surface area contributed by atoms with Crippen LogP contribution in [0.2, 0.25) is 0 Å². The quantitative estimate of drug-likeness (QED) is 0.660. The molecule has 0 aliphatic rings. The van der Waals surface area contributed by atoms with Crippen molar-refractivity contribution in [2.45, 2.75) is 39.5 Å². The molecule has 102 valence electrons. The lowest BCUT2D eigenvalue weighted by molar-refractivity contribution is 0.262. The minimum atomic E-state index is 0.248. The van der Waals surface area contributed by atoms with Crippen molar-refractivity contribution in [1.82, 2.24) is 9.97 Å². The van der Waals surface area contributed by atoms with Crippen molar-refractivity contribution in [3.63, 3.8) is 0 Å². The molecule has 18 heavy (non-hydrogen) atoms. The third kappa shape index (κ3) is 5.82. The van der Waals surface area contributed by atoms with Crippen LogP contribution in [0.1, 0.15) is 38.4 Å². The third-order valence-corrected chi connectivity index (χ3v) is 2.42. The minimum Gasteiger partial charge on any atom is -0.478 e. The second-order valence-corrected chi connectivity index (χ2v) is 4.20. The topological polar surface area (TPSA) is 67.3 Å². The molecule has 0 aromatic carbocycles. The van der Waals surface area contributed by atoms with E-state index in [-0.39, 0.29) is 6.61 Å². The van der Waals surface area contributed by atoms with Crippen LogP contribution in [0.25, 0.3) is 0 Å². The van der Waals surface area contributed by atoms with Crippen LogP contribution in [0.5, 0.6) is 5.88 Å². The average Bonchev–Trinajstić information content (AvgIpc) is 2.35. The highest BCUT2D eigenvalue weighted by atomic mass is 16.5. The number of aromatic nitrogens is 2. The van der Waals surface area contributed by atoms with Gasteiger partial charge in [0, 0.05) is 19.2 Å². The number of hydrogen-bond donors (Lipinski definition) is 2. The van der Waals surface area contributed by atoms with E-state index in [0.717, 1.165) is 38.0 Å². The van der Waals surface area contributed by atoms with Gasteiger partial charge >= 0.3 is 0 Å². The van der Waals surface area contributed by atoms with Crippen LogP contribution < -0.4 is 10.1 Å². The first-order valence-electron chi connectivity index (χ1n) is 6.59. The molecular formula is C13H23N3O2. The lowest BCUT2D eigenvalue weighted by atomic mass is 10.2. The van der Waals surface area contributed by atoms with Crippen molar-refractivity contribution in [3.8, 4) is 5.88 Å². The molecule has 0 amide bonds. The van der Waals surface area contributed by atoms with Crippen LogP contribution >= 0.6 is 0 Å². The molecule has 1 aromatic rings. The van der Waals surface area contributed by atoms with Crippen LogP contribution in [0.3, 0.4) is 0 Å². The molecule has 0 aliphatic heterocycles. The molecule has 0 radical (unpaired) electrons. The zero-order valence-electron chi connectivity index (χ0n) is 11.3. The molecule has 0 unspecified atom stereocenters. The lowest BCUT2D eigenvalue weighted by Crippen LogP contribution is -2.06. The first-order valence-corrected chi connectivity index (χ1v) is 6.59. The van der Waals surface area contributed by atoms with Crippen molar-refractivity contribution >= 4 is 5.82 Å². The fourth-order valence-electron chi connectivity index (χ4n) is 1.53. The van der Waals surface area contributed by atoms with Crippen molar-refractivity contribution < 1.29 is 9.84 Å². The highest BCUT2D eigenvalue weighted by Crippen LogP contribution is 2.13. The largest absolute Gasteiger partial charge is 0.478 e. The van der Waals surface area contributed by atoms with E-state index < -0.39 is 0 Å². The van der Waals surface area contributed by atoms with Crippen molar-refractivity contribution in [2.75, 3.05) is 25.1 Å². The van der Waals surface area contributed by atoms with Crippen LogP contribution in [-0.4, -0.2) is 34.8 Å². The van der Waals surface area contributed by atoms with Gasteiger partial charge in [-0.05, 0) is 32.6 Å². The zero-order chi connectivity index (χ0) is 13.2. The molecule has 0 fully saturated rings. The second-order valence-electron chi connectivity index (χ2n) is 4.20. The summed E-state index contributed by atoms with van der Waals surface area (Å²) in [6.07, 6.45) is 3.79. The Labute approximate surface area is 109 Å². The molecule has 2 N–H and O–H groups in total. The van der Waals surface area contributed by atoms with Crippen molar-refractivity contribution in [3.05, 3.63) is 11.9 Å². The molecule has 0 saturated carbocycles. The summed E-state index contributed by atoms with van der Waals surface area (Å²) in [4.78, 5) is 8.53. The summed E-state index contributed by atoms with van der Waals surface area (Å²) in [6.45, 7) is 5.74. The summed E-state index contributed by atoms with van der Waals surface area (Å²) < 4.78 is 5.58. The summed E-state index contributed by atoms with van der Waals surface area (Å²) in [6, 6.07) is 1.83. The maximum Gasteiger partial charge on any atom is 0.218 e. The number of unbranched alkanes of at least 4 members (excludes halogenated alkanes) is 2. The van der Waals surface area contributed by atoms with Crippen LogP contribution in [0, 0.1) is 6.92 Å². The number of ether oxygens (including phenoxy) is 1. The van der Waals surface area contributed by atoms with Gasteiger partial charge in [0.15, 0.2) is 0 Å². The zero-order valence-corrected chi connectivity index (χ0v) is 11.3. The van der Waals surface area contributed by atoms with Crippen molar-refractivity contribution in [2.24, 2.45) is 0 Å². The summed E-state index contributed by atoms with van der Waals surface area (Å²) in [5.74, 6) is 2.14. The van der Waals surface area contributed by atoms with Gasteiger partial charge in [-0.15, -0.1) is 0 Å². The maximum absolute atomic E-state index is 8.67. The Hall–Kier alpha value is -1.36. The van der Waals surface area contributed by atoms with E-state index in [1.807, 2.05) is 13.0 Å². The van der Waals surface area contributed by atoms with Gasteiger partial charge < -0.3 is 15.2 Å². The summed E-state index contributed by atoms with van der Waals surface area (Å²) in [5.41, 5.74) is 0. The van der Waals surface area contributed by atoms with Gasteiger partial charge in [-0.3, -0.25) is 0 Å². The van der Waals surface area contributed by atoms with Gasteiger partial charge in [-0.1, -0.05) is 6.92 Å². The highest BCUT2D eigenvalue weighted by molar-refractivity contribution is 5.38. The Morgan fingerprint density at radius 3 is 2.83 bits per heavy atom. The van der Waals surface area contributed by atoms with Gasteiger partial charge in [0.2, 0.25) is 5.88 Å². The molecule has 1 aromatic heterocycles. The molecule has 5 heteroatoms. The molecule has 0 atom stereocenters. The molecule has 0 aliphatic carbocycles. The average molecular weight is 253 g/mol. The van der Waals surface area contributed by atoms with Crippen LogP contribution in [0.15, 0.2) is 6.07 Å². The lowest BCUT2D eigenvalue weighted by Gasteiger charge is -2.09. The number of aryl methyl sites for hydroxylation is 1. The Morgan fingerprint density at radius 1 is 1.28 bits per heavy atom. The molecule has 1 heterocycles. The molecular weight excluding hydrogens is 230 g/mol. The number of anilines is 1. The standard InChI is InChI=1S/C13H23N3O2/c1-3-7-14-12-10-13(16-11(2)15-12)18-9-6-4-5-8-17/h10,17H,3-9H2,1-2H3,(H,14,15,16). The van der Waals surface area contributed by atoms with Gasteiger partial charge in [0.05, 0.1) is 6.61 Å². The van der Waals surface area contributed by atoms with Gasteiger partial charge in [-0.25, -0.2) is 4.98 Å². The first-order chi connectivity index (χ1) is 8.76. The molecule has 1 rings (SSSR count). The van der Waals surface area contributed by atoms with Crippen LogP contribution in [0.4, 0.5) is 5.82 Å². The predicted molar refractivity (Wildman–Crippen MR) is 72.0 cm³/mol. The summed E-state index contributed by atoms with van der Waals surface area (Å²) in [5, 5.41) is 11.9. The number of hydrogen-bond acceptors (Lipinski definition) is 5. The fraction of sp³-hybridized carbons (Fsp3) is 0.692. The molecule has 0 saturated heterocycles. The minimum absolute atomic E-state index is 0.248. The second kappa shape index (κ2) is 8.69. The van der Waals surface area contributed by atoms with E-state index in [4.69, 9.17) is 9.84 Å². The van der Waals surface area contributed by atoms with Gasteiger partial charge in [0.25, 0.3) is 0 Å². The van der Waals surface area contributed by atoms with Crippen LogP contribution in [-0.2, 0) is 0 Å². The third-order valence-electron chi connectivity index (χ3n) is 2.42. The van der Waals surface area contributed by atoms with E-state index in [9.17, 15) is 0 Å². The number of nitrogens with one attached hydrogen (secondary N) is 1. The highest BCUT2D eigenvalue weighted by Gasteiger charge is 2.02. The van der Waals surface area contributed by atoms with E-state index in [1.54, 1.807) is 0 Å². The number of nitrogens with zero attached hydrogens (tertiary/aromatic N) is 2. The van der Waals surface area contributed by atoms with E-state index in [1.165, 1.54) is 0 Å². The first kappa shape index (κ1) is 14.7. The smallest absolute Gasteiger partial charge is 0.218 e. The molecule has 0 bridgehead atoms. The summed E-state index contributed by atoms with van der Waals surface area (Å²) >= 11 is 0. The van der Waals surface area contributed by atoms with E-state index >= 15 is 0 Å². The molecule has 0 spiro atoms. The maximum atomic E-state index is 8.67. The SMILES string of the molecule is CCCNc1cc(OCCCCCO)nc(C)n1. The van der Waals surface area contributed by atoms with Gasteiger partial charge in [0.1, 0.15) is 11.6 Å². The van der Waals surface area contributed by atoms with Gasteiger partial charge in [-0.2, -0.15) is 4.98 Å². The Balaban J connectivity index is 2.41. The molecule has 5 nitrogen and oxygen atoms in total. The normalized spacial score (nSPS) is 10.4. The Kier molecular flexibility index (Phi) is 7.10. The Morgan fingerprint density at radius 2 is 2.11 bits per heavy atom. The van der Waals surface area contributed by atoms with E-state index in [2.05, 4.69) is 22.2 Å². The Bertz CT molecular complexity index is 345. The van der Waals surface area contributed by atoms with Crippen molar-refractivity contribution in [1.29, 1.82) is 0 Å².